The lowest BCUT2D eigenvalue weighted by Crippen LogP contribution is -2.39. The summed E-state index contributed by atoms with van der Waals surface area (Å²) in [5.74, 6) is 0.541. The molecule has 1 aromatic carbocycles. The van der Waals surface area contributed by atoms with E-state index in [4.69, 9.17) is 0 Å². The van der Waals surface area contributed by atoms with Crippen molar-refractivity contribution in [2.45, 2.75) is 13.2 Å². The summed E-state index contributed by atoms with van der Waals surface area (Å²) >= 11 is 0. The van der Waals surface area contributed by atoms with Crippen LogP contribution in [0, 0.1) is 0 Å². The fraction of sp³-hybridized carbons (Fsp3) is 0.412. The molecular weight excluding hydrogens is 330 g/mol. The molecule has 0 atom stereocenters. The topological polar surface area (TPSA) is 57.2 Å². The van der Waals surface area contributed by atoms with Gasteiger partial charge in [-0.2, -0.15) is 8.78 Å². The molecule has 25 heavy (non-hydrogen) atoms. The smallest absolute Gasteiger partial charge is 0.387 e. The molecular formula is C17H24F2N4O2. The minimum atomic E-state index is -2.84. The maximum Gasteiger partial charge on any atom is 0.387 e. The monoisotopic (exact) mass is 354 g/mol. The quantitative estimate of drug-likeness (QED) is 0.440. The molecule has 0 unspecified atom stereocenters. The van der Waals surface area contributed by atoms with E-state index in [1.807, 2.05) is 11.9 Å². The van der Waals surface area contributed by atoms with Crippen molar-refractivity contribution in [2.24, 2.45) is 4.99 Å². The number of alkyl halides is 2. The van der Waals surface area contributed by atoms with Gasteiger partial charge in [-0.1, -0.05) is 18.2 Å². The number of rotatable bonds is 8. The highest BCUT2D eigenvalue weighted by Crippen LogP contribution is 2.15. The van der Waals surface area contributed by atoms with Crippen LogP contribution in [0.4, 0.5) is 8.78 Å². The van der Waals surface area contributed by atoms with Crippen LogP contribution in [0.15, 0.2) is 41.9 Å². The zero-order chi connectivity index (χ0) is 18.8. The number of likely N-dealkylation sites (N-methyl/N-ethyl adjacent to an activating group) is 1. The molecule has 1 aromatic rings. The van der Waals surface area contributed by atoms with Crippen LogP contribution < -0.4 is 10.1 Å². The zero-order valence-electron chi connectivity index (χ0n) is 14.7. The Morgan fingerprint density at radius 1 is 1.32 bits per heavy atom. The van der Waals surface area contributed by atoms with Crippen molar-refractivity contribution in [2.75, 3.05) is 34.2 Å². The first kappa shape index (κ1) is 20.4. The van der Waals surface area contributed by atoms with Crippen LogP contribution in [0.1, 0.15) is 5.56 Å². The number of benzene rings is 1. The SMILES string of the molecule is C=CCNC(=NCC(=O)N(C)C)N(C)Cc1ccc(OC(F)F)cc1. The summed E-state index contributed by atoms with van der Waals surface area (Å²) in [6.07, 6.45) is 1.69. The van der Waals surface area contributed by atoms with Gasteiger partial charge in [0.2, 0.25) is 5.91 Å². The number of amides is 1. The highest BCUT2D eigenvalue weighted by atomic mass is 19.3. The van der Waals surface area contributed by atoms with Crippen LogP contribution in [-0.4, -0.2) is 62.5 Å². The zero-order valence-corrected chi connectivity index (χ0v) is 14.7. The fourth-order valence-corrected chi connectivity index (χ4v) is 1.88. The molecule has 0 aliphatic rings. The molecule has 0 heterocycles. The van der Waals surface area contributed by atoms with Gasteiger partial charge in [-0.15, -0.1) is 6.58 Å². The Morgan fingerprint density at radius 2 is 1.96 bits per heavy atom. The molecule has 6 nitrogen and oxygen atoms in total. The second kappa shape index (κ2) is 10.3. The highest BCUT2D eigenvalue weighted by molar-refractivity contribution is 5.84. The van der Waals surface area contributed by atoms with Crippen LogP contribution >= 0.6 is 0 Å². The summed E-state index contributed by atoms with van der Waals surface area (Å²) in [5, 5.41) is 3.08. The molecule has 0 saturated heterocycles. The average molecular weight is 354 g/mol. The number of carbonyl (C=O) groups is 1. The van der Waals surface area contributed by atoms with Gasteiger partial charge < -0.3 is 19.9 Å². The molecule has 0 saturated carbocycles. The number of halogens is 2. The van der Waals surface area contributed by atoms with E-state index in [0.717, 1.165) is 5.56 Å². The number of nitrogens with one attached hydrogen (secondary N) is 1. The molecule has 0 radical (unpaired) electrons. The van der Waals surface area contributed by atoms with E-state index >= 15 is 0 Å². The minimum absolute atomic E-state index is 0.0258. The van der Waals surface area contributed by atoms with Crippen molar-refractivity contribution in [1.29, 1.82) is 0 Å². The second-order valence-electron chi connectivity index (χ2n) is 5.48. The predicted octanol–water partition coefficient (Wildman–Crippen LogP) is 1.94. The molecule has 1 amide bonds. The van der Waals surface area contributed by atoms with Crippen molar-refractivity contribution in [3.8, 4) is 5.75 Å². The van der Waals surface area contributed by atoms with E-state index in [1.165, 1.54) is 17.0 Å². The van der Waals surface area contributed by atoms with Crippen LogP contribution in [0.2, 0.25) is 0 Å². The minimum Gasteiger partial charge on any atom is -0.435 e. The van der Waals surface area contributed by atoms with Crippen molar-refractivity contribution in [1.82, 2.24) is 15.1 Å². The summed E-state index contributed by atoms with van der Waals surface area (Å²) in [4.78, 5) is 19.3. The van der Waals surface area contributed by atoms with Crippen molar-refractivity contribution < 1.29 is 18.3 Å². The van der Waals surface area contributed by atoms with Gasteiger partial charge in [0.05, 0.1) is 0 Å². The van der Waals surface area contributed by atoms with Gasteiger partial charge in [0.15, 0.2) is 5.96 Å². The van der Waals surface area contributed by atoms with E-state index < -0.39 is 6.61 Å². The summed E-state index contributed by atoms with van der Waals surface area (Å²) in [5.41, 5.74) is 0.885. The molecule has 0 aliphatic carbocycles. The number of nitrogens with zero attached hydrogens (tertiary/aromatic N) is 3. The predicted molar refractivity (Wildman–Crippen MR) is 93.7 cm³/mol. The van der Waals surface area contributed by atoms with Crippen molar-refractivity contribution >= 4 is 11.9 Å². The third kappa shape index (κ3) is 7.65. The largest absolute Gasteiger partial charge is 0.435 e. The van der Waals surface area contributed by atoms with Crippen molar-refractivity contribution in [3.05, 3.63) is 42.5 Å². The second-order valence-corrected chi connectivity index (χ2v) is 5.48. The summed E-state index contributed by atoms with van der Waals surface area (Å²) < 4.78 is 28.7. The van der Waals surface area contributed by atoms with Gasteiger partial charge in [-0.05, 0) is 17.7 Å². The molecule has 0 aromatic heterocycles. The Kier molecular flexibility index (Phi) is 8.38. The first-order chi connectivity index (χ1) is 11.8. The summed E-state index contributed by atoms with van der Waals surface area (Å²) in [6.45, 7) is 1.81. The molecule has 0 fully saturated rings. The lowest BCUT2D eigenvalue weighted by atomic mass is 10.2. The van der Waals surface area contributed by atoms with E-state index in [0.29, 0.717) is 19.0 Å². The van der Waals surface area contributed by atoms with Gasteiger partial charge in [0.25, 0.3) is 0 Å². The number of ether oxygens (including phenoxy) is 1. The van der Waals surface area contributed by atoms with E-state index in [9.17, 15) is 13.6 Å². The summed E-state index contributed by atoms with van der Waals surface area (Å²) in [7, 11) is 5.15. The first-order valence-corrected chi connectivity index (χ1v) is 7.67. The first-order valence-electron chi connectivity index (χ1n) is 7.67. The maximum atomic E-state index is 12.2. The van der Waals surface area contributed by atoms with Gasteiger partial charge in [0, 0.05) is 34.2 Å². The Bertz CT molecular complexity index is 589. The normalized spacial score (nSPS) is 11.2. The molecule has 138 valence electrons. The standard InChI is InChI=1S/C17H24F2N4O2/c1-5-10-20-17(21-11-15(24)22(2)3)23(4)12-13-6-8-14(9-7-13)25-16(18)19/h5-9,16H,1,10-12H2,2-4H3,(H,20,21). The number of carbonyl (C=O) groups excluding carboxylic acids is 1. The van der Waals surface area contributed by atoms with Crippen LogP contribution in [-0.2, 0) is 11.3 Å². The maximum absolute atomic E-state index is 12.2. The Balaban J connectivity index is 2.76. The van der Waals surface area contributed by atoms with Gasteiger partial charge in [0.1, 0.15) is 12.3 Å². The number of aliphatic imine (C=N–C) groups is 1. The Labute approximate surface area is 146 Å². The number of hydrogen-bond acceptors (Lipinski definition) is 3. The van der Waals surface area contributed by atoms with Crippen LogP contribution in [0.25, 0.3) is 0 Å². The lowest BCUT2D eigenvalue weighted by Gasteiger charge is -2.22. The third-order valence-electron chi connectivity index (χ3n) is 3.20. The van der Waals surface area contributed by atoms with E-state index in [1.54, 1.807) is 32.3 Å². The Morgan fingerprint density at radius 3 is 2.48 bits per heavy atom. The van der Waals surface area contributed by atoms with Gasteiger partial charge in [-0.25, -0.2) is 4.99 Å². The highest BCUT2D eigenvalue weighted by Gasteiger charge is 2.10. The van der Waals surface area contributed by atoms with Crippen LogP contribution in [0.3, 0.4) is 0 Å². The van der Waals surface area contributed by atoms with E-state index in [-0.39, 0.29) is 18.2 Å². The van der Waals surface area contributed by atoms with E-state index in [2.05, 4.69) is 21.6 Å². The molecule has 0 spiro atoms. The molecule has 1 rings (SSSR count). The summed E-state index contributed by atoms with van der Waals surface area (Å²) in [6, 6.07) is 6.37. The number of guanidine groups is 1. The number of hydrogen-bond donors (Lipinski definition) is 1. The molecule has 0 bridgehead atoms. The molecule has 0 aliphatic heterocycles. The van der Waals surface area contributed by atoms with Gasteiger partial charge in [-0.3, -0.25) is 4.79 Å². The molecule has 8 heteroatoms. The average Bonchev–Trinajstić information content (AvgIpc) is 2.55. The lowest BCUT2D eigenvalue weighted by molar-refractivity contribution is -0.127. The van der Waals surface area contributed by atoms with Crippen molar-refractivity contribution in [3.63, 3.8) is 0 Å². The van der Waals surface area contributed by atoms with Crippen LogP contribution in [0.5, 0.6) is 5.75 Å². The Hall–Kier alpha value is -2.64. The van der Waals surface area contributed by atoms with Gasteiger partial charge >= 0.3 is 6.61 Å². The molecule has 1 N–H and O–H groups in total. The third-order valence-corrected chi connectivity index (χ3v) is 3.20. The fourth-order valence-electron chi connectivity index (χ4n) is 1.88.